The molecule has 0 radical (unpaired) electrons. The van der Waals surface area contributed by atoms with Gasteiger partial charge in [-0.1, -0.05) is 181 Å². The molecule has 0 heterocycles. The van der Waals surface area contributed by atoms with Gasteiger partial charge in [-0.15, -0.1) is 0 Å². The van der Waals surface area contributed by atoms with Crippen LogP contribution in [0.15, 0.2) is 218 Å². The molecule has 0 heteroatoms. The van der Waals surface area contributed by atoms with Crippen molar-refractivity contribution in [2.45, 2.75) is 0 Å². The summed E-state index contributed by atoms with van der Waals surface area (Å²) >= 11 is 0. The molecule has 0 aromatic heterocycles. The first-order valence-corrected chi connectivity index (χ1v) is 18.0. The van der Waals surface area contributed by atoms with Crippen LogP contribution in [0.1, 0.15) is 49.3 Å². The minimum atomic E-state index is -1.33. The Kier molecular flexibility index (Phi) is 2.92. The largest absolute Gasteiger partial charge is 0.0636 e. The molecule has 13 aromatic carbocycles. The van der Waals surface area contributed by atoms with Gasteiger partial charge in [-0.2, -0.15) is 0 Å². The van der Waals surface area contributed by atoms with Gasteiger partial charge in [-0.3, -0.25) is 0 Å². The van der Waals surface area contributed by atoms with Crippen molar-refractivity contribution in [2.24, 2.45) is 0 Å². The van der Waals surface area contributed by atoms with E-state index < -0.39 is 338 Å². The summed E-state index contributed by atoms with van der Waals surface area (Å²) in [5, 5.41) is -7.55. The van der Waals surface area contributed by atoms with Crippen LogP contribution in [-0.2, 0) is 0 Å². The maximum Gasteiger partial charge on any atom is 0.0636 e. The highest BCUT2D eigenvalue weighted by Gasteiger charge is 2.16. The predicted octanol–water partition coefficient (Wildman–Crippen LogP) is 17.0. The van der Waals surface area contributed by atoms with Crippen LogP contribution >= 0.6 is 0 Å². The van der Waals surface area contributed by atoms with Crippen molar-refractivity contribution in [3.05, 3.63) is 218 Å². The molecule has 0 aliphatic carbocycles. The normalized spacial score (nSPS) is 20.4. The van der Waals surface area contributed by atoms with E-state index in [9.17, 15) is 30.2 Å². The lowest BCUT2D eigenvalue weighted by Gasteiger charge is -2.16. The van der Waals surface area contributed by atoms with Gasteiger partial charge in [0.15, 0.2) is 0 Å². The monoisotopic (exact) mass is 793 g/mol. The van der Waals surface area contributed by atoms with Crippen molar-refractivity contribution in [3.8, 4) is 55.6 Å². The Labute approximate surface area is 398 Å². The molecule has 0 aliphatic heterocycles. The van der Waals surface area contributed by atoms with Gasteiger partial charge in [0.2, 0.25) is 0 Å². The van der Waals surface area contributed by atoms with E-state index in [1.54, 1.807) is 0 Å². The minimum Gasteiger partial charge on any atom is -0.0616 e. The molecule has 0 N–H and O–H groups in total. The molecule has 13 rings (SSSR count). The maximum absolute atomic E-state index is 10.2. The lowest BCUT2D eigenvalue weighted by atomic mass is 9.87. The van der Waals surface area contributed by atoms with Crippen LogP contribution in [-0.4, -0.2) is 0 Å². The molecule has 0 fully saturated rings. The Hall–Kier alpha value is -7.80. The second kappa shape index (κ2) is 12.9. The van der Waals surface area contributed by atoms with Crippen LogP contribution in [0.25, 0.3) is 131 Å². The zero-order chi connectivity index (χ0) is 70.6. The molecule has 60 heavy (non-hydrogen) atoms. The highest BCUT2D eigenvalue weighted by atomic mass is 14.2. The molecular formula is C60H36. The van der Waals surface area contributed by atoms with Crippen LogP contribution in [0.4, 0.5) is 0 Å². The lowest BCUT2D eigenvalue weighted by Crippen LogP contribution is -1.90. The smallest absolute Gasteiger partial charge is 0.0616 e. The van der Waals surface area contributed by atoms with E-state index >= 15 is 0 Å². The summed E-state index contributed by atoms with van der Waals surface area (Å²) in [6, 6.07) is -36.3. The van der Waals surface area contributed by atoms with Crippen molar-refractivity contribution in [2.75, 3.05) is 0 Å². The average molecular weight is 793 g/mol. The Morgan fingerprint density at radius 2 is 0.533 bits per heavy atom. The third-order valence-corrected chi connectivity index (χ3v) is 10.1. The number of hydrogen-bond acceptors (Lipinski definition) is 0. The Bertz CT molecular complexity index is 5600. The minimum absolute atomic E-state index is 0.380. The van der Waals surface area contributed by atoms with E-state index in [0.29, 0.717) is 0 Å². The second-order valence-corrected chi connectivity index (χ2v) is 13.5. The summed E-state index contributed by atoms with van der Waals surface area (Å²) in [5.41, 5.74) is -10.4. The maximum atomic E-state index is 10.2. The molecule has 0 spiro atoms. The molecule has 0 saturated heterocycles. The first kappa shape index (κ1) is 13.6. The van der Waals surface area contributed by atoms with Gasteiger partial charge in [0, 0.05) is 0 Å². The van der Waals surface area contributed by atoms with Crippen LogP contribution in [0.5, 0.6) is 0 Å². The summed E-state index contributed by atoms with van der Waals surface area (Å²) in [5.74, 6) is 0. The van der Waals surface area contributed by atoms with Crippen molar-refractivity contribution in [1.29, 1.82) is 0 Å². The van der Waals surface area contributed by atoms with Gasteiger partial charge in [0.1, 0.15) is 0 Å². The first-order valence-electron chi connectivity index (χ1n) is 36.0. The molecule has 0 amide bonds. The highest BCUT2D eigenvalue weighted by Crippen LogP contribution is 2.43. The third kappa shape index (κ3) is 5.11. The molecule has 0 bridgehead atoms. The zero-order valence-electron chi connectivity index (χ0n) is 66.0. The fraction of sp³-hybridized carbons (Fsp3) is 0. The molecule has 0 atom stereocenters. The number of benzene rings is 13. The summed E-state index contributed by atoms with van der Waals surface area (Å²) in [6.45, 7) is 0. The Morgan fingerprint density at radius 1 is 0.200 bits per heavy atom. The predicted molar refractivity (Wildman–Crippen MR) is 259 cm³/mol. The topological polar surface area (TPSA) is 0 Å². The van der Waals surface area contributed by atoms with Crippen molar-refractivity contribution >= 4 is 75.4 Å². The van der Waals surface area contributed by atoms with Gasteiger partial charge < -0.3 is 0 Å². The van der Waals surface area contributed by atoms with Crippen LogP contribution < -0.4 is 0 Å². The van der Waals surface area contributed by atoms with Gasteiger partial charge in [-0.05, 0) is 167 Å². The summed E-state index contributed by atoms with van der Waals surface area (Å²) in [7, 11) is 0. The Balaban J connectivity index is 1.24. The standard InChI is InChI=1S/C60H36/c1-2-8-44-31-47(22-17-37(44)7-1)52-35-50(45-13-5-15-48(32-45)53-27-23-42-20-18-38-9-3-11-40-25-29-55(53)59(42)57(38)40)34-51(36-52)46-14-6-16-49(33-46)54-28-24-43-21-19-39-10-4-12-41-26-30-56(54)60(43)58(39)41/h1-36H/i1D,2D,3D,4D,5D,6D,7D,8D,9D,10D,11D,12D,13D,14D,15D,16D,17D,18D,19D,20D,21D,22D,23D,24D,25D,26D,27D,28D,29D,30D,31D,32D,33D,34D,35D,36D. The van der Waals surface area contributed by atoms with Crippen molar-refractivity contribution in [1.82, 2.24) is 0 Å². The SMILES string of the molecule is [2H]c1c([2H])c(-c2c([2H])c(-c3c([2H])c([2H])c([2H])c(-c4c([2H])c([2H])c5c([2H])c([2H])c6c([2H])c([2H])c([2H])c7c([2H])c([2H])c4c5c67)c3[2H])c([2H])c(-c3c([2H])c([2H])c4c([2H])c([2H])c([2H])c([2H])c4c3[2H])c2[2H])c([2H])c(-c2c([2H])c([2H])c3c([2H])c([2H])c4c([2H])c([2H])c([2H])c5c([2H])c([2H])c2c3c45)c1[2H]. The van der Waals surface area contributed by atoms with E-state index in [0.717, 1.165) is 0 Å². The molecular weight excluding hydrogens is 721 g/mol. The fourth-order valence-electron chi connectivity index (χ4n) is 7.44. The summed E-state index contributed by atoms with van der Waals surface area (Å²) < 4.78 is 334. The quantitative estimate of drug-likeness (QED) is 0.152. The van der Waals surface area contributed by atoms with Crippen LogP contribution in [0, 0.1) is 0 Å². The molecule has 276 valence electrons. The summed E-state index contributed by atoms with van der Waals surface area (Å²) in [6.07, 6.45) is 0. The van der Waals surface area contributed by atoms with Crippen molar-refractivity contribution in [3.63, 3.8) is 0 Å². The molecule has 0 nitrogen and oxygen atoms in total. The van der Waals surface area contributed by atoms with Gasteiger partial charge in [-0.25, -0.2) is 0 Å². The fourth-order valence-corrected chi connectivity index (χ4v) is 7.44. The van der Waals surface area contributed by atoms with E-state index in [1.165, 1.54) is 0 Å². The summed E-state index contributed by atoms with van der Waals surface area (Å²) in [4.78, 5) is 0. The van der Waals surface area contributed by atoms with Crippen molar-refractivity contribution < 1.29 is 49.3 Å². The van der Waals surface area contributed by atoms with Crippen LogP contribution in [0.2, 0.25) is 0 Å². The van der Waals surface area contributed by atoms with Gasteiger partial charge in [0.25, 0.3) is 0 Å². The average Bonchev–Trinajstić information content (AvgIpc) is 0.694. The molecule has 0 unspecified atom stereocenters. The van der Waals surface area contributed by atoms with E-state index in [2.05, 4.69) is 0 Å². The van der Waals surface area contributed by atoms with E-state index in [4.69, 9.17) is 19.2 Å². The Morgan fingerprint density at radius 3 is 1.03 bits per heavy atom. The van der Waals surface area contributed by atoms with E-state index in [1.807, 2.05) is 0 Å². The highest BCUT2D eigenvalue weighted by molar-refractivity contribution is 6.26. The number of hydrogen-bond donors (Lipinski definition) is 0. The molecule has 0 aliphatic rings. The van der Waals surface area contributed by atoms with Gasteiger partial charge >= 0.3 is 0 Å². The molecule has 13 aromatic rings. The lowest BCUT2D eigenvalue weighted by molar-refractivity contribution is 1.56. The zero-order valence-corrected chi connectivity index (χ0v) is 30.0. The number of fused-ring (bicyclic) bond motifs is 1. The van der Waals surface area contributed by atoms with E-state index in [-0.39, 0.29) is 10.8 Å². The third-order valence-electron chi connectivity index (χ3n) is 10.1. The molecule has 0 saturated carbocycles. The van der Waals surface area contributed by atoms with Gasteiger partial charge in [0.05, 0.1) is 49.3 Å². The number of rotatable bonds is 5. The van der Waals surface area contributed by atoms with Crippen LogP contribution in [0.3, 0.4) is 0 Å². The first-order chi connectivity index (χ1) is 44.8. The second-order valence-electron chi connectivity index (χ2n) is 13.5.